The van der Waals surface area contributed by atoms with E-state index in [1.807, 2.05) is 43.0 Å². The number of aryl methyl sites for hydroxylation is 1. The summed E-state index contributed by atoms with van der Waals surface area (Å²) in [5.41, 5.74) is 2.92. The number of hydrogen-bond acceptors (Lipinski definition) is 4. The molecule has 1 saturated heterocycles. The van der Waals surface area contributed by atoms with Crippen molar-refractivity contribution >= 4 is 23.3 Å². The van der Waals surface area contributed by atoms with E-state index < -0.39 is 11.7 Å². The molecule has 1 aliphatic heterocycles. The molecule has 35 heavy (non-hydrogen) atoms. The summed E-state index contributed by atoms with van der Waals surface area (Å²) in [7, 11) is 1.33. The molecule has 1 aliphatic rings. The highest BCUT2D eigenvalue weighted by molar-refractivity contribution is 7.80. The van der Waals surface area contributed by atoms with E-state index in [4.69, 9.17) is 17.0 Å². The van der Waals surface area contributed by atoms with E-state index in [1.165, 1.54) is 13.2 Å². The fraction of sp³-hybridized carbons (Fsp3) is 0.320. The van der Waals surface area contributed by atoms with E-state index in [9.17, 15) is 18.0 Å². The Morgan fingerprint density at radius 3 is 2.60 bits per heavy atom. The molecule has 1 fully saturated rings. The number of rotatable bonds is 6. The van der Waals surface area contributed by atoms with E-state index in [1.54, 1.807) is 16.8 Å². The van der Waals surface area contributed by atoms with Crippen molar-refractivity contribution in [3.05, 3.63) is 82.9 Å². The Hall–Kier alpha value is -3.40. The lowest BCUT2D eigenvalue weighted by atomic mass is 9.96. The van der Waals surface area contributed by atoms with E-state index in [0.29, 0.717) is 17.3 Å². The number of nitrogens with one attached hydrogen (secondary N) is 1. The van der Waals surface area contributed by atoms with Crippen molar-refractivity contribution in [1.82, 2.24) is 19.8 Å². The van der Waals surface area contributed by atoms with Gasteiger partial charge in [0.05, 0.1) is 36.9 Å². The van der Waals surface area contributed by atoms with Gasteiger partial charge in [-0.2, -0.15) is 13.2 Å². The van der Waals surface area contributed by atoms with E-state index in [-0.39, 0.29) is 24.5 Å². The first-order chi connectivity index (χ1) is 16.6. The quantitative estimate of drug-likeness (QED) is 0.376. The average Bonchev–Trinajstić information content (AvgIpc) is 3.32. The molecule has 184 valence electrons. The Morgan fingerprint density at radius 2 is 1.94 bits per heavy atom. The molecule has 0 aliphatic carbocycles. The van der Waals surface area contributed by atoms with Gasteiger partial charge in [-0.1, -0.05) is 12.1 Å². The zero-order chi connectivity index (χ0) is 25.3. The van der Waals surface area contributed by atoms with Crippen molar-refractivity contribution in [3.63, 3.8) is 0 Å². The summed E-state index contributed by atoms with van der Waals surface area (Å²) in [6.45, 7) is 4.05. The Balaban J connectivity index is 1.80. The number of nitrogens with zero attached hydrogens (tertiary/aromatic N) is 3. The van der Waals surface area contributed by atoms with Crippen molar-refractivity contribution in [1.29, 1.82) is 0 Å². The number of ether oxygens (including phenoxy) is 1. The summed E-state index contributed by atoms with van der Waals surface area (Å²) >= 11 is 5.62. The Morgan fingerprint density at radius 1 is 1.17 bits per heavy atom. The van der Waals surface area contributed by atoms with Crippen LogP contribution in [0, 0.1) is 13.8 Å². The van der Waals surface area contributed by atoms with Gasteiger partial charge in [0.25, 0.3) is 0 Å². The van der Waals surface area contributed by atoms with Crippen molar-refractivity contribution in [2.45, 2.75) is 38.5 Å². The zero-order valence-corrected chi connectivity index (χ0v) is 20.3. The van der Waals surface area contributed by atoms with Gasteiger partial charge in [0.15, 0.2) is 5.11 Å². The summed E-state index contributed by atoms with van der Waals surface area (Å²) in [6, 6.07) is 12.2. The predicted molar refractivity (Wildman–Crippen MR) is 129 cm³/mol. The molecule has 0 spiro atoms. The smallest absolute Gasteiger partial charge is 0.416 e. The minimum Gasteiger partial charge on any atom is -0.469 e. The highest BCUT2D eigenvalue weighted by Gasteiger charge is 2.41. The fourth-order valence-electron chi connectivity index (χ4n) is 4.60. The molecule has 0 radical (unpaired) electrons. The van der Waals surface area contributed by atoms with E-state index in [2.05, 4.69) is 10.3 Å². The maximum atomic E-state index is 13.4. The minimum atomic E-state index is -4.44. The Labute approximate surface area is 206 Å². The van der Waals surface area contributed by atoms with Gasteiger partial charge in [0.1, 0.15) is 0 Å². The van der Waals surface area contributed by atoms with Crippen LogP contribution < -0.4 is 5.32 Å². The molecule has 0 bridgehead atoms. The molecule has 6 nitrogen and oxygen atoms in total. The van der Waals surface area contributed by atoms with Crippen LogP contribution in [-0.4, -0.2) is 39.2 Å². The van der Waals surface area contributed by atoms with Crippen LogP contribution >= 0.6 is 12.2 Å². The molecular weight excluding hydrogens is 477 g/mol. The molecular formula is C25H25F3N4O2S. The lowest BCUT2D eigenvalue weighted by Gasteiger charge is -2.28. The summed E-state index contributed by atoms with van der Waals surface area (Å²) in [4.78, 5) is 18.3. The number of carbonyl (C=O) groups is 1. The first-order valence-electron chi connectivity index (χ1n) is 11.0. The van der Waals surface area contributed by atoms with Gasteiger partial charge in [-0.05, 0) is 68.0 Å². The number of hydrogen-bond donors (Lipinski definition) is 1. The third-order valence-electron chi connectivity index (χ3n) is 6.20. The number of thiocarbonyl (C=S) groups is 1. The molecule has 0 amide bonds. The minimum absolute atomic E-state index is 0.135. The summed E-state index contributed by atoms with van der Waals surface area (Å²) in [5.74, 6) is -0.359. The number of benzene rings is 1. The molecule has 0 saturated carbocycles. The largest absolute Gasteiger partial charge is 0.469 e. The first kappa shape index (κ1) is 24.7. The van der Waals surface area contributed by atoms with Crippen molar-refractivity contribution in [2.24, 2.45) is 0 Å². The molecule has 1 N–H and O–H groups in total. The second-order valence-electron chi connectivity index (χ2n) is 8.36. The lowest BCUT2D eigenvalue weighted by Crippen LogP contribution is -2.32. The molecule has 2 atom stereocenters. The molecule has 3 aromatic rings. The van der Waals surface area contributed by atoms with E-state index >= 15 is 0 Å². The van der Waals surface area contributed by atoms with Gasteiger partial charge in [-0.25, -0.2) is 0 Å². The molecule has 10 heteroatoms. The summed E-state index contributed by atoms with van der Waals surface area (Å²) in [6.07, 6.45) is -2.61. The van der Waals surface area contributed by atoms with Gasteiger partial charge in [-0.15, -0.1) is 0 Å². The maximum Gasteiger partial charge on any atom is 0.416 e. The first-order valence-corrected chi connectivity index (χ1v) is 11.4. The van der Waals surface area contributed by atoms with Gasteiger partial charge >= 0.3 is 12.1 Å². The second-order valence-corrected chi connectivity index (χ2v) is 8.74. The van der Waals surface area contributed by atoms with Crippen LogP contribution in [0.2, 0.25) is 0 Å². The third kappa shape index (κ3) is 4.88. The number of esters is 1. The maximum absolute atomic E-state index is 13.4. The van der Waals surface area contributed by atoms with E-state index in [0.717, 1.165) is 34.8 Å². The Bertz CT molecular complexity index is 1240. The van der Waals surface area contributed by atoms with Crippen LogP contribution in [0.3, 0.4) is 0 Å². The van der Waals surface area contributed by atoms with Crippen LogP contribution in [0.1, 0.15) is 46.7 Å². The number of pyridine rings is 1. The number of aromatic nitrogens is 2. The van der Waals surface area contributed by atoms with Gasteiger partial charge in [0, 0.05) is 29.8 Å². The van der Waals surface area contributed by atoms with Gasteiger partial charge < -0.3 is 19.5 Å². The highest BCUT2D eigenvalue weighted by atomic mass is 32.1. The fourth-order valence-corrected chi connectivity index (χ4v) is 4.94. The van der Waals surface area contributed by atoms with Crippen LogP contribution in [0.5, 0.6) is 0 Å². The van der Waals surface area contributed by atoms with Gasteiger partial charge in [-0.3, -0.25) is 9.78 Å². The molecule has 4 rings (SSSR count). The predicted octanol–water partition coefficient (Wildman–Crippen LogP) is 5.04. The van der Waals surface area contributed by atoms with Crippen molar-refractivity contribution in [2.75, 3.05) is 13.7 Å². The number of methoxy groups -OCH3 is 1. The highest BCUT2D eigenvalue weighted by Crippen LogP contribution is 2.41. The van der Waals surface area contributed by atoms with Crippen LogP contribution in [0.25, 0.3) is 5.69 Å². The van der Waals surface area contributed by atoms with Crippen molar-refractivity contribution in [3.8, 4) is 5.69 Å². The average molecular weight is 503 g/mol. The number of halogens is 3. The van der Waals surface area contributed by atoms with Crippen LogP contribution in [0.4, 0.5) is 13.2 Å². The van der Waals surface area contributed by atoms with Crippen molar-refractivity contribution < 1.29 is 22.7 Å². The molecule has 3 heterocycles. The Kier molecular flexibility index (Phi) is 6.84. The number of alkyl halides is 3. The lowest BCUT2D eigenvalue weighted by molar-refractivity contribution is -0.141. The van der Waals surface area contributed by atoms with Gasteiger partial charge in [0.2, 0.25) is 0 Å². The summed E-state index contributed by atoms with van der Waals surface area (Å²) < 4.78 is 46.7. The normalized spacial score (nSPS) is 18.0. The zero-order valence-electron chi connectivity index (χ0n) is 19.5. The standard InChI is InChI=1S/C25H25F3N4O2S/c1-15-13-19(16(2)32(15)18-8-6-7-17(14-18)25(26,27)28)23-22(20-9-4-5-11-29-20)30-24(35)31(23)12-10-21(33)34-3/h4-9,11,13-14,22-23H,10,12H2,1-3H3,(H,30,35)/t22-,23-/m1/s1. The van der Waals surface area contributed by atoms with Crippen LogP contribution in [-0.2, 0) is 15.7 Å². The molecule has 0 unspecified atom stereocenters. The van der Waals surface area contributed by atoms with Crippen LogP contribution in [0.15, 0.2) is 54.7 Å². The number of carbonyl (C=O) groups excluding carboxylic acids is 1. The third-order valence-corrected chi connectivity index (χ3v) is 6.56. The monoisotopic (exact) mass is 502 g/mol. The topological polar surface area (TPSA) is 59.4 Å². The molecule has 2 aromatic heterocycles. The SMILES string of the molecule is COC(=O)CCN1C(=S)N[C@H](c2ccccn2)[C@H]1c1cc(C)n(-c2cccc(C(F)(F)F)c2)c1C. The summed E-state index contributed by atoms with van der Waals surface area (Å²) in [5, 5.41) is 3.79. The molecule has 1 aromatic carbocycles. The second kappa shape index (κ2) is 9.69.